The highest BCUT2D eigenvalue weighted by molar-refractivity contribution is 7.59. The lowest BCUT2D eigenvalue weighted by Crippen LogP contribution is -2.43. The smallest absolute Gasteiger partial charge is 0.399 e. The highest BCUT2D eigenvalue weighted by atomic mass is 32.1. The number of amides is 1. The van der Waals surface area contributed by atoms with Gasteiger partial charge in [0.15, 0.2) is 0 Å². The quantitative estimate of drug-likeness (QED) is 0.346. The van der Waals surface area contributed by atoms with E-state index in [1.54, 1.807) is 41.2 Å². The molecule has 2 aromatic heterocycles. The predicted molar refractivity (Wildman–Crippen MR) is 159 cm³/mol. The first-order chi connectivity index (χ1) is 17.6. The van der Waals surface area contributed by atoms with E-state index < -0.39 is 24.4 Å². The van der Waals surface area contributed by atoms with Crippen LogP contribution in [0, 0.1) is 0 Å². The van der Waals surface area contributed by atoms with Gasteiger partial charge >= 0.3 is 7.12 Å². The van der Waals surface area contributed by atoms with Crippen LogP contribution >= 0.6 is 24.8 Å². The van der Waals surface area contributed by atoms with E-state index in [9.17, 15) is 4.79 Å². The van der Waals surface area contributed by atoms with Crippen LogP contribution < -0.4 is 15.7 Å². The van der Waals surface area contributed by atoms with Crippen molar-refractivity contribution in [3.63, 3.8) is 0 Å². The zero-order valence-electron chi connectivity index (χ0n) is 22.1. The molecule has 198 valence electrons. The molecule has 1 amide bonds. The number of carbonyl (C=O) groups is 1. The van der Waals surface area contributed by atoms with Crippen LogP contribution in [0.5, 0.6) is 0 Å². The minimum Gasteiger partial charge on any atom is -0.399 e. The summed E-state index contributed by atoms with van der Waals surface area (Å²) in [4.78, 5) is 28.7. The van der Waals surface area contributed by atoms with Crippen LogP contribution in [0.15, 0.2) is 66.4 Å². The first-order valence-electron chi connectivity index (χ1n) is 12.2. The zero-order chi connectivity index (χ0) is 26.2. The summed E-state index contributed by atoms with van der Waals surface area (Å²) in [5.41, 5.74) is 4.31. The molecule has 1 aliphatic heterocycles. The number of thiazole rings is 1. The molecule has 2 aromatic carbocycles. The number of fused-ring (bicyclic) bond motifs is 1. The van der Waals surface area contributed by atoms with Crippen LogP contribution in [-0.4, -0.2) is 52.3 Å². The fraction of sp³-hybridized carbons (Fsp3) is 0.333. The number of benzene rings is 2. The fourth-order valence-electron chi connectivity index (χ4n) is 4.13. The number of nitrogens with zero attached hydrogens (tertiary/aromatic N) is 4. The number of carbonyl (C=O) groups excluding carboxylic acids is 1. The lowest BCUT2D eigenvalue weighted by Gasteiger charge is -2.32. The molecule has 1 atom stereocenters. The molecule has 8 nitrogen and oxygen atoms in total. The normalized spacial score (nSPS) is 16.6. The van der Waals surface area contributed by atoms with Gasteiger partial charge in [0.2, 0.25) is 11.9 Å². The number of hydrogen-bond acceptors (Lipinski definition) is 8. The molecule has 0 bridgehead atoms. The van der Waals surface area contributed by atoms with E-state index in [0.29, 0.717) is 12.4 Å². The van der Waals surface area contributed by atoms with Gasteiger partial charge in [-0.25, -0.2) is 15.0 Å². The average Bonchev–Trinajstić information content (AvgIpc) is 3.44. The molecule has 0 aliphatic carbocycles. The molecular formula is C27H32BN5O3S2. The molecule has 0 saturated carbocycles. The van der Waals surface area contributed by atoms with Crippen LogP contribution in [0.2, 0.25) is 0 Å². The molecule has 1 aliphatic rings. The van der Waals surface area contributed by atoms with Crippen molar-refractivity contribution in [2.75, 3.05) is 17.3 Å². The first kappa shape index (κ1) is 28.0. The molecule has 5 rings (SSSR count). The molecule has 1 saturated heterocycles. The molecule has 0 unspecified atom stereocenters. The summed E-state index contributed by atoms with van der Waals surface area (Å²) in [6.07, 6.45) is 3.84. The Morgan fingerprint density at radius 1 is 1.03 bits per heavy atom. The summed E-state index contributed by atoms with van der Waals surface area (Å²) in [5.74, 6) is 0.259. The monoisotopic (exact) mass is 549 g/mol. The van der Waals surface area contributed by atoms with Crippen molar-refractivity contribution in [2.45, 2.75) is 51.4 Å². The van der Waals surface area contributed by atoms with Crippen molar-refractivity contribution < 1.29 is 14.1 Å². The van der Waals surface area contributed by atoms with E-state index in [2.05, 4.69) is 20.3 Å². The Morgan fingerprint density at radius 2 is 1.68 bits per heavy atom. The summed E-state index contributed by atoms with van der Waals surface area (Å²) < 4.78 is 13.3. The minimum absolute atomic E-state index is 0. The lowest BCUT2D eigenvalue weighted by atomic mass is 9.81. The Bertz CT molecular complexity index is 1380. The van der Waals surface area contributed by atoms with Gasteiger partial charge in [-0.1, -0.05) is 30.3 Å². The van der Waals surface area contributed by atoms with Crippen molar-refractivity contribution >= 4 is 65.2 Å². The summed E-state index contributed by atoms with van der Waals surface area (Å²) in [5, 5.41) is 3.25. The maximum absolute atomic E-state index is 13.7. The van der Waals surface area contributed by atoms with Crippen molar-refractivity contribution in [3.8, 4) is 0 Å². The van der Waals surface area contributed by atoms with E-state index in [1.807, 2.05) is 76.2 Å². The first-order valence-corrected chi connectivity index (χ1v) is 13.1. The molecule has 11 heteroatoms. The topological polar surface area (TPSA) is 89.5 Å². The third-order valence-corrected chi connectivity index (χ3v) is 7.92. The molecular weight excluding hydrogens is 517 g/mol. The van der Waals surface area contributed by atoms with E-state index in [-0.39, 0.29) is 19.4 Å². The van der Waals surface area contributed by atoms with Gasteiger partial charge in [-0.15, -0.1) is 11.3 Å². The van der Waals surface area contributed by atoms with Gasteiger partial charge in [-0.2, -0.15) is 13.5 Å². The van der Waals surface area contributed by atoms with E-state index in [1.165, 1.54) is 0 Å². The largest absolute Gasteiger partial charge is 0.498 e. The standard InChI is InChI=1S/C27H30BN5O3S.H2S/c1-26(2)27(3,4)36-28(35-26)19-15-29-25(30-16-19)32-22(13-18-9-7-6-8-10-18)24(34)33(5)20-11-12-23-21(14-20)31-17-37-23;/h6-12,14-17,22H,13H2,1-5H3,(H,29,30,32);1H2/t22-;/m0./s1. The van der Waals surface area contributed by atoms with Gasteiger partial charge < -0.3 is 19.5 Å². The second-order valence-corrected chi connectivity index (χ2v) is 11.1. The second-order valence-electron chi connectivity index (χ2n) is 10.2. The molecule has 0 spiro atoms. The van der Waals surface area contributed by atoms with Crippen molar-refractivity contribution in [1.29, 1.82) is 0 Å². The zero-order valence-corrected chi connectivity index (χ0v) is 24.0. The van der Waals surface area contributed by atoms with E-state index in [0.717, 1.165) is 26.9 Å². The van der Waals surface area contributed by atoms with Crippen LogP contribution in [-0.2, 0) is 20.5 Å². The van der Waals surface area contributed by atoms with Gasteiger partial charge in [-0.3, -0.25) is 4.79 Å². The Morgan fingerprint density at radius 3 is 2.34 bits per heavy atom. The minimum atomic E-state index is -0.582. The van der Waals surface area contributed by atoms with Crippen LogP contribution in [0.4, 0.5) is 11.6 Å². The summed E-state index contributed by atoms with van der Waals surface area (Å²) in [7, 11) is 1.23. The Labute approximate surface area is 234 Å². The van der Waals surface area contributed by atoms with E-state index in [4.69, 9.17) is 9.31 Å². The summed E-state index contributed by atoms with van der Waals surface area (Å²) in [6.45, 7) is 8.02. The molecule has 0 radical (unpaired) electrons. The third kappa shape index (κ3) is 5.71. The number of nitrogens with one attached hydrogen (secondary N) is 1. The molecule has 1 fully saturated rings. The predicted octanol–water partition coefficient (Wildman–Crippen LogP) is 4.18. The number of anilines is 2. The van der Waals surface area contributed by atoms with Crippen molar-refractivity contribution in [2.24, 2.45) is 0 Å². The van der Waals surface area contributed by atoms with Gasteiger partial charge in [-0.05, 0) is 51.5 Å². The van der Waals surface area contributed by atoms with Gasteiger partial charge in [0.25, 0.3) is 0 Å². The number of aromatic nitrogens is 3. The van der Waals surface area contributed by atoms with Gasteiger partial charge in [0.1, 0.15) is 6.04 Å². The molecule has 1 N–H and O–H groups in total. The van der Waals surface area contributed by atoms with Crippen molar-refractivity contribution in [1.82, 2.24) is 15.0 Å². The Kier molecular flexibility index (Phi) is 8.13. The number of likely N-dealkylation sites (N-methyl/N-ethyl adjacent to an activating group) is 1. The maximum Gasteiger partial charge on any atom is 0.498 e. The number of hydrogen-bond donors (Lipinski definition) is 1. The van der Waals surface area contributed by atoms with Crippen molar-refractivity contribution in [3.05, 3.63) is 72.0 Å². The van der Waals surface area contributed by atoms with Gasteiger partial charge in [0.05, 0.1) is 26.9 Å². The lowest BCUT2D eigenvalue weighted by molar-refractivity contribution is -0.119. The Hall–Kier alpha value is -2.99. The third-order valence-electron chi connectivity index (χ3n) is 7.11. The average molecular weight is 550 g/mol. The number of rotatable bonds is 7. The van der Waals surface area contributed by atoms with Crippen LogP contribution in [0.25, 0.3) is 10.2 Å². The van der Waals surface area contributed by atoms with Crippen LogP contribution in [0.3, 0.4) is 0 Å². The van der Waals surface area contributed by atoms with Gasteiger partial charge in [0, 0.05) is 37.0 Å². The SMILES string of the molecule is CN(C(=O)[C@H](Cc1ccccc1)Nc1ncc(B2OC(C)(C)C(C)(C)O2)cn1)c1ccc2scnc2c1.S. The summed E-state index contributed by atoms with van der Waals surface area (Å²) in [6, 6.07) is 15.2. The van der Waals surface area contributed by atoms with Crippen LogP contribution in [0.1, 0.15) is 33.3 Å². The van der Waals surface area contributed by atoms with E-state index >= 15 is 0 Å². The Balaban J connectivity index is 0.00000336. The summed E-state index contributed by atoms with van der Waals surface area (Å²) >= 11 is 1.57. The molecule has 4 aromatic rings. The highest BCUT2D eigenvalue weighted by Gasteiger charge is 2.52. The maximum atomic E-state index is 13.7. The second kappa shape index (κ2) is 11.0. The highest BCUT2D eigenvalue weighted by Crippen LogP contribution is 2.36. The molecule has 3 heterocycles. The fourth-order valence-corrected chi connectivity index (χ4v) is 4.79. The molecule has 38 heavy (non-hydrogen) atoms.